The Morgan fingerprint density at radius 2 is 2.40 bits per heavy atom. The molecule has 2 aromatic rings. The number of ether oxygens (including phenoxy) is 1. The van der Waals surface area contributed by atoms with E-state index in [0.29, 0.717) is 11.6 Å². The zero-order valence-electron chi connectivity index (χ0n) is 8.11. The van der Waals surface area contributed by atoms with Crippen molar-refractivity contribution in [3.05, 3.63) is 30.1 Å². The van der Waals surface area contributed by atoms with Gasteiger partial charge in [0.1, 0.15) is 0 Å². The Bertz CT molecular complexity index is 507. The van der Waals surface area contributed by atoms with Crippen molar-refractivity contribution in [1.82, 2.24) is 9.55 Å². The molecular weight excluding hydrogens is 216 g/mol. The Hall–Kier alpha value is -1.55. The summed E-state index contributed by atoms with van der Waals surface area (Å²) in [6.07, 6.45) is 1.64. The number of hydrogen-bond donors (Lipinski definition) is 0. The van der Waals surface area contributed by atoms with E-state index in [4.69, 9.17) is 11.6 Å². The summed E-state index contributed by atoms with van der Waals surface area (Å²) in [6, 6.07) is 5.52. The molecule has 0 aliphatic rings. The number of alkyl halides is 1. The molecule has 0 amide bonds. The van der Waals surface area contributed by atoms with Gasteiger partial charge >= 0.3 is 5.97 Å². The van der Waals surface area contributed by atoms with Crippen LogP contribution in [0.1, 0.15) is 10.4 Å². The number of fused-ring (bicyclic) bond motifs is 1. The van der Waals surface area contributed by atoms with Crippen LogP contribution in [0.2, 0.25) is 0 Å². The van der Waals surface area contributed by atoms with Gasteiger partial charge in [0.15, 0.2) is 0 Å². The summed E-state index contributed by atoms with van der Waals surface area (Å²) in [5.41, 5.74) is 2.13. The van der Waals surface area contributed by atoms with Crippen LogP contribution in [-0.2, 0) is 10.7 Å². The van der Waals surface area contributed by atoms with E-state index in [0.717, 1.165) is 11.0 Å². The molecule has 2 rings (SSSR count). The molecule has 15 heavy (non-hydrogen) atoms. The molecular formula is C10H9ClN2O2. The number of benzene rings is 1. The summed E-state index contributed by atoms with van der Waals surface area (Å²) in [4.78, 5) is 15.4. The molecule has 1 aromatic heterocycles. The molecule has 1 heterocycles. The lowest BCUT2D eigenvalue weighted by molar-refractivity contribution is 0.0601. The third-order valence-electron chi connectivity index (χ3n) is 2.17. The lowest BCUT2D eigenvalue weighted by Gasteiger charge is -2.00. The summed E-state index contributed by atoms with van der Waals surface area (Å²) in [5, 5.41) is 0. The van der Waals surface area contributed by atoms with Gasteiger partial charge in [0, 0.05) is 0 Å². The van der Waals surface area contributed by atoms with Crippen LogP contribution in [0.3, 0.4) is 0 Å². The smallest absolute Gasteiger partial charge is 0.337 e. The molecule has 5 heteroatoms. The minimum Gasteiger partial charge on any atom is -0.465 e. The maximum atomic E-state index is 11.3. The predicted octanol–water partition coefficient (Wildman–Crippen LogP) is 2.02. The van der Waals surface area contributed by atoms with Crippen molar-refractivity contribution in [1.29, 1.82) is 0 Å². The Labute approximate surface area is 91.4 Å². The fourth-order valence-corrected chi connectivity index (χ4v) is 1.59. The van der Waals surface area contributed by atoms with E-state index >= 15 is 0 Å². The first-order valence-corrected chi connectivity index (χ1v) is 4.89. The maximum Gasteiger partial charge on any atom is 0.337 e. The second kappa shape index (κ2) is 3.90. The number of esters is 1. The van der Waals surface area contributed by atoms with E-state index < -0.39 is 0 Å². The average Bonchev–Trinajstić information content (AvgIpc) is 2.69. The van der Waals surface area contributed by atoms with Crippen molar-refractivity contribution in [3.8, 4) is 0 Å². The number of rotatable bonds is 2. The van der Waals surface area contributed by atoms with E-state index in [1.165, 1.54) is 7.11 Å². The van der Waals surface area contributed by atoms with Gasteiger partial charge in [-0.15, -0.1) is 11.6 Å². The molecule has 0 aliphatic heterocycles. The van der Waals surface area contributed by atoms with Crippen molar-refractivity contribution in [2.45, 2.75) is 6.00 Å². The summed E-state index contributed by atoms with van der Waals surface area (Å²) in [5.74, 6) is -0.364. The molecule has 0 saturated carbocycles. The van der Waals surface area contributed by atoms with Gasteiger partial charge in [0.25, 0.3) is 0 Å². The summed E-state index contributed by atoms with van der Waals surface area (Å²) in [7, 11) is 1.35. The largest absolute Gasteiger partial charge is 0.465 e. The van der Waals surface area contributed by atoms with Gasteiger partial charge in [-0.3, -0.25) is 0 Å². The number of methoxy groups -OCH3 is 1. The zero-order chi connectivity index (χ0) is 10.8. The average molecular weight is 225 g/mol. The van der Waals surface area contributed by atoms with E-state index in [-0.39, 0.29) is 5.97 Å². The first kappa shape index (κ1) is 9.98. The van der Waals surface area contributed by atoms with Crippen LogP contribution in [-0.4, -0.2) is 22.6 Å². The van der Waals surface area contributed by atoms with Crippen LogP contribution >= 0.6 is 11.6 Å². The number of nitrogens with zero attached hydrogens (tertiary/aromatic N) is 2. The Balaban J connectivity index is 2.53. The molecule has 0 bridgehead atoms. The topological polar surface area (TPSA) is 44.1 Å². The molecule has 78 valence electrons. The first-order chi connectivity index (χ1) is 7.26. The maximum absolute atomic E-state index is 11.3. The van der Waals surface area contributed by atoms with E-state index in [1.54, 1.807) is 29.1 Å². The SMILES string of the molecule is COC(=O)c1ccc2c(c1)ncn2CCl. The van der Waals surface area contributed by atoms with Gasteiger partial charge in [-0.05, 0) is 18.2 Å². The third-order valence-corrected chi connectivity index (χ3v) is 2.43. The molecule has 0 N–H and O–H groups in total. The zero-order valence-corrected chi connectivity index (χ0v) is 8.86. The highest BCUT2D eigenvalue weighted by molar-refractivity contribution is 6.15. The van der Waals surface area contributed by atoms with Gasteiger partial charge in [-0.2, -0.15) is 0 Å². The molecule has 0 fully saturated rings. The van der Waals surface area contributed by atoms with E-state index in [9.17, 15) is 4.79 Å². The van der Waals surface area contributed by atoms with E-state index in [1.807, 2.05) is 0 Å². The van der Waals surface area contributed by atoms with Crippen LogP contribution in [0, 0.1) is 0 Å². The van der Waals surface area contributed by atoms with Crippen molar-refractivity contribution >= 4 is 28.6 Å². The van der Waals surface area contributed by atoms with Crippen LogP contribution in [0.4, 0.5) is 0 Å². The second-order valence-corrected chi connectivity index (χ2v) is 3.27. The predicted molar refractivity (Wildman–Crippen MR) is 56.9 cm³/mol. The van der Waals surface area contributed by atoms with Crippen LogP contribution in [0.25, 0.3) is 11.0 Å². The van der Waals surface area contributed by atoms with Gasteiger partial charge in [-0.25, -0.2) is 9.78 Å². The van der Waals surface area contributed by atoms with Gasteiger partial charge in [0.2, 0.25) is 0 Å². The van der Waals surface area contributed by atoms with E-state index in [2.05, 4.69) is 9.72 Å². The van der Waals surface area contributed by atoms with Gasteiger partial charge < -0.3 is 9.30 Å². The third kappa shape index (κ3) is 1.68. The Morgan fingerprint density at radius 1 is 1.60 bits per heavy atom. The number of carbonyl (C=O) groups excluding carboxylic acids is 1. The van der Waals surface area contributed by atoms with Crippen LogP contribution in [0.15, 0.2) is 24.5 Å². The summed E-state index contributed by atoms with van der Waals surface area (Å²) >= 11 is 5.71. The van der Waals surface area contributed by atoms with Gasteiger partial charge in [0.05, 0.1) is 36.0 Å². The minimum atomic E-state index is -0.364. The number of hydrogen-bond acceptors (Lipinski definition) is 3. The molecule has 0 saturated heterocycles. The van der Waals surface area contributed by atoms with Crippen molar-refractivity contribution < 1.29 is 9.53 Å². The summed E-state index contributed by atoms with van der Waals surface area (Å²) in [6.45, 7) is 0. The van der Waals surface area contributed by atoms with Crippen molar-refractivity contribution in [3.63, 3.8) is 0 Å². The number of halogens is 1. The Morgan fingerprint density at radius 3 is 3.07 bits per heavy atom. The fourth-order valence-electron chi connectivity index (χ4n) is 1.40. The molecule has 0 aliphatic carbocycles. The fraction of sp³-hybridized carbons (Fsp3) is 0.200. The highest BCUT2D eigenvalue weighted by Crippen LogP contribution is 2.15. The number of imidazole rings is 1. The minimum absolute atomic E-state index is 0.341. The Kier molecular flexibility index (Phi) is 2.60. The standard InChI is InChI=1S/C10H9ClN2O2/c1-15-10(14)7-2-3-9-8(4-7)12-6-13(9)5-11/h2-4,6H,5H2,1H3. The number of aromatic nitrogens is 2. The highest BCUT2D eigenvalue weighted by atomic mass is 35.5. The molecule has 0 atom stereocenters. The molecule has 0 spiro atoms. The van der Waals surface area contributed by atoms with Crippen LogP contribution in [0.5, 0.6) is 0 Å². The lowest BCUT2D eigenvalue weighted by atomic mass is 10.2. The highest BCUT2D eigenvalue weighted by Gasteiger charge is 2.08. The second-order valence-electron chi connectivity index (χ2n) is 3.03. The van der Waals surface area contributed by atoms with Crippen LogP contribution < -0.4 is 0 Å². The quantitative estimate of drug-likeness (QED) is 0.579. The molecule has 0 unspecified atom stereocenters. The number of carbonyl (C=O) groups is 1. The first-order valence-electron chi connectivity index (χ1n) is 4.35. The molecule has 4 nitrogen and oxygen atoms in total. The molecule has 0 radical (unpaired) electrons. The normalized spacial score (nSPS) is 10.5. The van der Waals surface area contributed by atoms with Crippen molar-refractivity contribution in [2.75, 3.05) is 7.11 Å². The van der Waals surface area contributed by atoms with Gasteiger partial charge in [-0.1, -0.05) is 0 Å². The molecule has 1 aromatic carbocycles. The summed E-state index contributed by atoms with van der Waals surface area (Å²) < 4.78 is 6.41. The van der Waals surface area contributed by atoms with Crippen molar-refractivity contribution in [2.24, 2.45) is 0 Å². The lowest BCUT2D eigenvalue weighted by Crippen LogP contribution is -2.00. The monoisotopic (exact) mass is 224 g/mol.